The summed E-state index contributed by atoms with van der Waals surface area (Å²) >= 11 is 4.05. The molecule has 22 heavy (non-hydrogen) atoms. The van der Waals surface area contributed by atoms with Gasteiger partial charge in [-0.25, -0.2) is 4.79 Å². The Hall–Kier alpha value is -1.69. The molecule has 116 valence electrons. The second kappa shape index (κ2) is 9.35. The van der Waals surface area contributed by atoms with E-state index in [2.05, 4.69) is 21.6 Å². The molecule has 0 aliphatic rings. The lowest BCUT2D eigenvalue weighted by Crippen LogP contribution is -2.29. The number of carboxylic acids is 1. The van der Waals surface area contributed by atoms with Crippen LogP contribution in [0, 0.1) is 0 Å². The number of carboxylic acid groups (broad SMARTS) is 1. The molecule has 0 fully saturated rings. The van der Waals surface area contributed by atoms with Crippen LogP contribution in [0.1, 0.15) is 25.7 Å². The smallest absolute Gasteiger partial charge is 0.335 e. The van der Waals surface area contributed by atoms with Gasteiger partial charge in [0.25, 0.3) is 0 Å². The molecule has 0 aliphatic carbocycles. The first-order valence-electron chi connectivity index (χ1n) is 5.97. The van der Waals surface area contributed by atoms with E-state index in [-0.39, 0.29) is 27.3 Å². The first-order chi connectivity index (χ1) is 9.56. The average Bonchev–Trinajstić information content (AvgIpc) is 2.91. The molecule has 2 aromatic rings. The highest BCUT2D eigenvalue weighted by atomic mass is 32.1. The molecule has 0 aliphatic heterocycles. The molecule has 8 heteroatoms. The molecule has 1 aromatic carbocycles. The van der Waals surface area contributed by atoms with Crippen molar-refractivity contribution in [1.29, 1.82) is 0 Å². The van der Waals surface area contributed by atoms with Gasteiger partial charge >= 0.3 is 5.97 Å². The standard InChI is InChI=1S/C14H12NO3S.Al.2H2O/c16-13(8-12-5-2-6-19-12)15-9-10-3-1-4-11(7-10)14(17)18;;;/h1-7,9H,8H2,(H,15,16)(H,17,18);;2*1H2. The number of rotatable bonds is 5. The molecule has 0 unspecified atom stereocenters. The first kappa shape index (κ1) is 20.3. The largest absolute Gasteiger partial charge is 0.478 e. The summed E-state index contributed by atoms with van der Waals surface area (Å²) < 4.78 is 0. The summed E-state index contributed by atoms with van der Waals surface area (Å²) in [6, 6.07) is 10.4. The zero-order valence-electron chi connectivity index (χ0n) is 11.6. The van der Waals surface area contributed by atoms with Crippen LogP contribution in [0.3, 0.4) is 0 Å². The molecule has 1 atom stereocenters. The number of hydrogen-bond donors (Lipinski definition) is 2. The van der Waals surface area contributed by atoms with Crippen molar-refractivity contribution < 1.29 is 25.6 Å². The summed E-state index contributed by atoms with van der Waals surface area (Å²) in [4.78, 5) is 23.5. The van der Waals surface area contributed by atoms with Gasteiger partial charge < -0.3 is 21.4 Å². The third-order valence-corrected chi connectivity index (χ3v) is 4.15. The zero-order valence-corrected chi connectivity index (χ0v) is 13.5. The summed E-state index contributed by atoms with van der Waals surface area (Å²) in [5.74, 6) is -1.07. The normalized spacial score (nSPS) is 10.7. The van der Waals surface area contributed by atoms with Crippen LogP contribution in [0.25, 0.3) is 0 Å². The van der Waals surface area contributed by atoms with Crippen molar-refractivity contribution in [2.75, 3.05) is 0 Å². The van der Waals surface area contributed by atoms with E-state index in [0.29, 0.717) is 6.42 Å². The lowest BCUT2D eigenvalue weighted by Gasteiger charge is -2.16. The van der Waals surface area contributed by atoms with E-state index in [0.717, 1.165) is 10.4 Å². The molecule has 0 bridgehead atoms. The summed E-state index contributed by atoms with van der Waals surface area (Å²) in [6.45, 7) is 0. The maximum atomic E-state index is 11.9. The van der Waals surface area contributed by atoms with Crippen LogP contribution in [0.4, 0.5) is 0 Å². The first-order valence-corrected chi connectivity index (χ1v) is 7.51. The van der Waals surface area contributed by atoms with Crippen LogP contribution in [0.15, 0.2) is 41.8 Å². The second-order valence-corrected chi connectivity index (χ2v) is 5.93. The van der Waals surface area contributed by atoms with Gasteiger partial charge in [-0.05, 0) is 34.0 Å². The van der Waals surface area contributed by atoms with Gasteiger partial charge in [-0.1, -0.05) is 18.2 Å². The zero-order chi connectivity index (χ0) is 14.5. The third-order valence-electron chi connectivity index (χ3n) is 2.72. The molecule has 6 N–H and O–H groups in total. The average molecular weight is 337 g/mol. The fourth-order valence-electron chi connectivity index (χ4n) is 1.74. The lowest BCUT2D eigenvalue weighted by atomic mass is 10.1. The fraction of sp³-hybridized carbons (Fsp3) is 0.143. The number of carbonyl (C=O) groups excluding carboxylic acids is 1. The van der Waals surface area contributed by atoms with Gasteiger partial charge in [-0.3, -0.25) is 4.79 Å². The van der Waals surface area contributed by atoms with Crippen LogP contribution in [-0.2, 0) is 11.2 Å². The van der Waals surface area contributed by atoms with Crippen LogP contribution in [0.2, 0.25) is 0 Å². The molecule has 2 rings (SSSR count). The monoisotopic (exact) mass is 337 g/mol. The molecule has 0 saturated carbocycles. The predicted molar refractivity (Wildman–Crippen MR) is 85.3 cm³/mol. The van der Waals surface area contributed by atoms with Crippen molar-refractivity contribution in [1.82, 2.24) is 5.32 Å². The van der Waals surface area contributed by atoms with E-state index in [1.807, 2.05) is 17.5 Å². The molecule has 1 amide bonds. The van der Waals surface area contributed by atoms with E-state index >= 15 is 0 Å². The van der Waals surface area contributed by atoms with E-state index in [1.54, 1.807) is 18.2 Å². The van der Waals surface area contributed by atoms with Crippen molar-refractivity contribution in [3.63, 3.8) is 0 Å². The van der Waals surface area contributed by atoms with Crippen molar-refractivity contribution in [3.05, 3.63) is 57.8 Å². The highest BCUT2D eigenvalue weighted by Gasteiger charge is 2.11. The molecule has 1 heterocycles. The minimum absolute atomic E-state index is 0. The highest BCUT2D eigenvalue weighted by molar-refractivity contribution is 7.10. The molecule has 0 saturated heterocycles. The lowest BCUT2D eigenvalue weighted by molar-refractivity contribution is -0.120. The van der Waals surface area contributed by atoms with Crippen molar-refractivity contribution in [3.8, 4) is 0 Å². The van der Waals surface area contributed by atoms with E-state index in [1.165, 1.54) is 17.4 Å². The Morgan fingerprint density at radius 1 is 1.23 bits per heavy atom. The minimum Gasteiger partial charge on any atom is -0.478 e. The van der Waals surface area contributed by atoms with Crippen molar-refractivity contribution in [2.24, 2.45) is 0 Å². The molecule has 2 radical (unpaired) electrons. The van der Waals surface area contributed by atoms with Gasteiger partial charge in [0.1, 0.15) is 0 Å². The summed E-state index contributed by atoms with van der Waals surface area (Å²) in [5.41, 5.74) is 0.955. The third kappa shape index (κ3) is 5.60. The maximum Gasteiger partial charge on any atom is 0.335 e. The molecule has 0 spiro atoms. The molecular formula is C14H16AlNO5S. The van der Waals surface area contributed by atoms with Crippen molar-refractivity contribution >= 4 is 39.5 Å². The topological polar surface area (TPSA) is 129 Å². The Morgan fingerprint density at radius 3 is 2.55 bits per heavy atom. The Labute approximate surface area is 139 Å². The number of nitrogens with one attached hydrogen (secondary N) is 1. The van der Waals surface area contributed by atoms with E-state index in [4.69, 9.17) is 5.11 Å². The van der Waals surface area contributed by atoms with Crippen molar-refractivity contribution in [2.45, 2.75) is 11.3 Å². The number of hydrogen-bond acceptors (Lipinski definition) is 3. The number of benzene rings is 1. The van der Waals surface area contributed by atoms with E-state index < -0.39 is 5.97 Å². The SMILES string of the molecule is O.O.O=C(Cc1cccs1)N[C@H]([Al])c1cccc(C(=O)O)c1. The minimum atomic E-state index is -0.978. The van der Waals surface area contributed by atoms with Gasteiger partial charge in [-0.15, -0.1) is 11.3 Å². The maximum absolute atomic E-state index is 11.9. The number of amides is 1. The molecular weight excluding hydrogens is 321 g/mol. The number of thiophene rings is 1. The van der Waals surface area contributed by atoms with Crippen LogP contribution in [-0.4, -0.2) is 44.2 Å². The van der Waals surface area contributed by atoms with Crippen LogP contribution >= 0.6 is 11.3 Å². The number of aromatic carboxylic acids is 1. The Balaban J connectivity index is 0.00000220. The molecule has 1 aromatic heterocycles. The van der Waals surface area contributed by atoms with Crippen LogP contribution < -0.4 is 5.32 Å². The highest BCUT2D eigenvalue weighted by Crippen LogP contribution is 2.13. The van der Waals surface area contributed by atoms with Gasteiger partial charge in [-0.2, -0.15) is 0 Å². The second-order valence-electron chi connectivity index (χ2n) is 4.23. The Morgan fingerprint density at radius 2 is 1.95 bits per heavy atom. The summed E-state index contributed by atoms with van der Waals surface area (Å²) in [7, 11) is 0. The van der Waals surface area contributed by atoms with Gasteiger partial charge in [0.05, 0.1) is 12.0 Å². The Bertz CT molecular complexity index is 617. The van der Waals surface area contributed by atoms with Gasteiger partial charge in [0, 0.05) is 4.88 Å². The van der Waals surface area contributed by atoms with Gasteiger partial charge in [0.2, 0.25) is 5.91 Å². The fourth-order valence-corrected chi connectivity index (χ4v) is 2.84. The van der Waals surface area contributed by atoms with E-state index in [9.17, 15) is 9.59 Å². The molecule has 6 nitrogen and oxygen atoms in total. The Kier molecular flexibility index (Phi) is 8.64. The summed E-state index contributed by atoms with van der Waals surface area (Å²) in [5, 5.41) is 13.7. The number of carbonyl (C=O) groups is 2. The predicted octanol–water partition coefficient (Wildman–Crippen LogP) is 0.323. The summed E-state index contributed by atoms with van der Waals surface area (Å²) in [6.07, 6.45) is 0.335. The van der Waals surface area contributed by atoms with Gasteiger partial charge in [0.15, 0.2) is 16.3 Å². The van der Waals surface area contributed by atoms with Crippen LogP contribution in [0.5, 0.6) is 0 Å². The quantitative estimate of drug-likeness (QED) is 0.762.